The molecule has 0 bridgehead atoms. The number of rotatable bonds is 5. The molecule has 0 saturated heterocycles. The van der Waals surface area contributed by atoms with Crippen LogP contribution in [0.15, 0.2) is 36.4 Å². The molecule has 0 spiro atoms. The van der Waals surface area contributed by atoms with Crippen molar-refractivity contribution < 1.29 is 13.9 Å². The van der Waals surface area contributed by atoms with E-state index in [-0.39, 0.29) is 17.9 Å². The Morgan fingerprint density at radius 3 is 2.65 bits per heavy atom. The minimum absolute atomic E-state index is 0.129. The summed E-state index contributed by atoms with van der Waals surface area (Å²) >= 11 is 12.0. The molecule has 26 heavy (non-hydrogen) atoms. The van der Waals surface area contributed by atoms with Gasteiger partial charge in [0.2, 0.25) is 0 Å². The van der Waals surface area contributed by atoms with Gasteiger partial charge in [-0.15, -0.1) is 0 Å². The number of nitrogens with zero attached hydrogens (tertiary/aromatic N) is 3. The summed E-state index contributed by atoms with van der Waals surface area (Å²) in [5, 5.41) is 5.04. The third kappa shape index (κ3) is 3.71. The van der Waals surface area contributed by atoms with E-state index in [2.05, 4.69) is 10.1 Å². The monoisotopic (exact) mass is 393 g/mol. The van der Waals surface area contributed by atoms with Crippen LogP contribution in [0.1, 0.15) is 16.2 Å². The van der Waals surface area contributed by atoms with Crippen molar-refractivity contribution in [2.75, 3.05) is 7.11 Å². The van der Waals surface area contributed by atoms with Crippen LogP contribution in [0, 0.1) is 12.7 Å². The van der Waals surface area contributed by atoms with Crippen molar-refractivity contribution in [2.24, 2.45) is 0 Å². The fourth-order valence-electron chi connectivity index (χ4n) is 2.53. The average molecular weight is 394 g/mol. The molecule has 134 valence electrons. The van der Waals surface area contributed by atoms with Gasteiger partial charge in [0.15, 0.2) is 11.6 Å². The van der Waals surface area contributed by atoms with E-state index >= 15 is 0 Å². The molecule has 0 fully saturated rings. The molecule has 0 radical (unpaired) electrons. The molecule has 0 unspecified atom stereocenters. The molecule has 0 amide bonds. The molecule has 1 aromatic heterocycles. The Balaban J connectivity index is 1.97. The number of hydrogen-bond donors (Lipinski definition) is 0. The standard InChI is InChI=1S/C18H14Cl2FN3O2/c1-10-22-18(11-3-5-14(19)15(20)7-11)24(23-10)9-16(25)13-8-12(21)4-6-17(13)26-2/h3-8H,9H2,1-2H3. The van der Waals surface area contributed by atoms with E-state index in [1.165, 1.54) is 23.9 Å². The van der Waals surface area contributed by atoms with E-state index < -0.39 is 5.82 Å². The Morgan fingerprint density at radius 2 is 1.96 bits per heavy atom. The van der Waals surface area contributed by atoms with Gasteiger partial charge in [0.05, 0.1) is 22.7 Å². The van der Waals surface area contributed by atoms with Gasteiger partial charge in [0, 0.05) is 5.56 Å². The number of aryl methyl sites for hydroxylation is 1. The first-order valence-corrected chi connectivity index (χ1v) is 8.38. The second-order valence-electron chi connectivity index (χ2n) is 5.54. The summed E-state index contributed by atoms with van der Waals surface area (Å²) in [5.41, 5.74) is 0.805. The van der Waals surface area contributed by atoms with Crippen molar-refractivity contribution in [3.8, 4) is 17.1 Å². The van der Waals surface area contributed by atoms with E-state index in [4.69, 9.17) is 27.9 Å². The van der Waals surface area contributed by atoms with E-state index in [1.807, 2.05) is 0 Å². The topological polar surface area (TPSA) is 57.0 Å². The summed E-state index contributed by atoms with van der Waals surface area (Å²) in [6.45, 7) is 1.58. The second kappa shape index (κ2) is 7.43. The lowest BCUT2D eigenvalue weighted by atomic mass is 10.1. The van der Waals surface area contributed by atoms with E-state index in [1.54, 1.807) is 25.1 Å². The predicted octanol–water partition coefficient (Wildman–Crippen LogP) is 4.59. The Labute approximate surface area is 159 Å². The van der Waals surface area contributed by atoms with Gasteiger partial charge >= 0.3 is 0 Å². The van der Waals surface area contributed by atoms with Crippen molar-refractivity contribution in [3.63, 3.8) is 0 Å². The first-order valence-electron chi connectivity index (χ1n) is 7.62. The van der Waals surface area contributed by atoms with Crippen LogP contribution in [0.3, 0.4) is 0 Å². The zero-order chi connectivity index (χ0) is 18.8. The SMILES string of the molecule is COc1ccc(F)cc1C(=O)Cn1nc(C)nc1-c1ccc(Cl)c(Cl)c1. The lowest BCUT2D eigenvalue weighted by molar-refractivity contribution is 0.0964. The highest BCUT2D eigenvalue weighted by Crippen LogP contribution is 2.28. The Hall–Kier alpha value is -2.44. The molecule has 2 aromatic carbocycles. The van der Waals surface area contributed by atoms with Crippen molar-refractivity contribution in [1.29, 1.82) is 0 Å². The minimum Gasteiger partial charge on any atom is -0.496 e. The van der Waals surface area contributed by atoms with Crippen LogP contribution in [-0.2, 0) is 6.54 Å². The Bertz CT molecular complexity index is 989. The number of aromatic nitrogens is 3. The third-order valence-corrected chi connectivity index (χ3v) is 4.45. The number of carbonyl (C=O) groups is 1. The molecular formula is C18H14Cl2FN3O2. The third-order valence-electron chi connectivity index (χ3n) is 3.71. The molecule has 3 rings (SSSR count). The molecule has 0 saturated carbocycles. The maximum Gasteiger partial charge on any atom is 0.188 e. The number of methoxy groups -OCH3 is 1. The fraction of sp³-hybridized carbons (Fsp3) is 0.167. The molecule has 0 aliphatic carbocycles. The number of ether oxygens (including phenoxy) is 1. The average Bonchev–Trinajstić information content (AvgIpc) is 2.97. The normalized spacial score (nSPS) is 10.8. The molecule has 0 aliphatic rings. The van der Waals surface area contributed by atoms with Crippen LogP contribution < -0.4 is 4.74 Å². The second-order valence-corrected chi connectivity index (χ2v) is 6.35. The highest BCUT2D eigenvalue weighted by molar-refractivity contribution is 6.42. The van der Waals surface area contributed by atoms with Crippen molar-refractivity contribution >= 4 is 29.0 Å². The minimum atomic E-state index is -0.520. The van der Waals surface area contributed by atoms with Gasteiger partial charge in [-0.05, 0) is 43.3 Å². The molecule has 8 heteroatoms. The highest BCUT2D eigenvalue weighted by atomic mass is 35.5. The van der Waals surface area contributed by atoms with Gasteiger partial charge in [-0.25, -0.2) is 14.1 Å². The van der Waals surface area contributed by atoms with E-state index in [0.29, 0.717) is 33.0 Å². The summed E-state index contributed by atoms with van der Waals surface area (Å²) in [5.74, 6) is 0.375. The molecule has 0 N–H and O–H groups in total. The van der Waals surface area contributed by atoms with Crippen LogP contribution in [0.4, 0.5) is 4.39 Å². The Kier molecular flexibility index (Phi) is 5.25. The van der Waals surface area contributed by atoms with Gasteiger partial charge in [-0.1, -0.05) is 23.2 Å². The van der Waals surface area contributed by atoms with Crippen LogP contribution >= 0.6 is 23.2 Å². The molecule has 1 heterocycles. The largest absolute Gasteiger partial charge is 0.496 e. The number of Topliss-reactive ketones (excluding diaryl/α,β-unsaturated/α-hetero) is 1. The van der Waals surface area contributed by atoms with Gasteiger partial charge in [-0.2, -0.15) is 5.10 Å². The first-order chi connectivity index (χ1) is 12.4. The van der Waals surface area contributed by atoms with E-state index in [9.17, 15) is 9.18 Å². The number of benzene rings is 2. The summed E-state index contributed by atoms with van der Waals surface area (Å²) < 4.78 is 20.1. The lowest BCUT2D eigenvalue weighted by Crippen LogP contribution is -2.14. The van der Waals surface area contributed by atoms with Crippen molar-refractivity contribution in [2.45, 2.75) is 13.5 Å². The smallest absolute Gasteiger partial charge is 0.188 e. The van der Waals surface area contributed by atoms with Crippen LogP contribution in [0.25, 0.3) is 11.4 Å². The van der Waals surface area contributed by atoms with Crippen molar-refractivity contribution in [3.05, 3.63) is 63.6 Å². The molecule has 0 aliphatic heterocycles. The van der Waals surface area contributed by atoms with Crippen molar-refractivity contribution in [1.82, 2.24) is 14.8 Å². The number of ketones is 1. The van der Waals surface area contributed by atoms with E-state index in [0.717, 1.165) is 6.07 Å². The molecule has 3 aromatic rings. The molecule has 0 atom stereocenters. The lowest BCUT2D eigenvalue weighted by Gasteiger charge is -2.09. The number of halogens is 3. The first kappa shape index (κ1) is 18.4. The summed E-state index contributed by atoms with van der Waals surface area (Å²) in [6.07, 6.45) is 0. The van der Waals surface area contributed by atoms with Crippen LogP contribution in [0.2, 0.25) is 10.0 Å². The number of hydrogen-bond acceptors (Lipinski definition) is 4. The van der Waals surface area contributed by atoms with Gasteiger partial charge in [-0.3, -0.25) is 4.79 Å². The van der Waals surface area contributed by atoms with Crippen LogP contribution in [0.5, 0.6) is 5.75 Å². The predicted molar refractivity (Wildman–Crippen MR) is 97.5 cm³/mol. The van der Waals surface area contributed by atoms with Crippen LogP contribution in [-0.4, -0.2) is 27.7 Å². The molecule has 5 nitrogen and oxygen atoms in total. The highest BCUT2D eigenvalue weighted by Gasteiger charge is 2.18. The fourth-order valence-corrected chi connectivity index (χ4v) is 2.83. The summed E-state index contributed by atoms with van der Waals surface area (Å²) in [4.78, 5) is 17.0. The van der Waals surface area contributed by atoms with Gasteiger partial charge < -0.3 is 4.74 Å². The quantitative estimate of drug-likeness (QED) is 0.594. The summed E-state index contributed by atoms with van der Waals surface area (Å²) in [7, 11) is 1.42. The van der Waals surface area contributed by atoms with Gasteiger partial charge in [0.25, 0.3) is 0 Å². The zero-order valence-corrected chi connectivity index (χ0v) is 15.5. The molecular weight excluding hydrogens is 380 g/mol. The van der Waals surface area contributed by atoms with Gasteiger partial charge in [0.1, 0.15) is 23.9 Å². The zero-order valence-electron chi connectivity index (χ0n) is 14.0. The maximum absolute atomic E-state index is 13.5. The Morgan fingerprint density at radius 1 is 1.19 bits per heavy atom. The maximum atomic E-state index is 13.5. The summed E-state index contributed by atoms with van der Waals surface area (Å²) in [6, 6.07) is 8.82. The number of carbonyl (C=O) groups excluding carboxylic acids is 1.